The Balaban J connectivity index is 1.39. The minimum Gasteiger partial charge on any atom is -0.496 e. The summed E-state index contributed by atoms with van der Waals surface area (Å²) in [5.41, 5.74) is 3.33. The van der Waals surface area contributed by atoms with Crippen molar-refractivity contribution in [2.24, 2.45) is 0 Å². The van der Waals surface area contributed by atoms with Gasteiger partial charge >= 0.3 is 0 Å². The van der Waals surface area contributed by atoms with Gasteiger partial charge in [0, 0.05) is 42.8 Å². The Hall–Kier alpha value is -3.28. The third kappa shape index (κ3) is 4.34. The van der Waals surface area contributed by atoms with Crippen molar-refractivity contribution in [3.05, 3.63) is 66.4 Å². The monoisotopic (exact) mass is 375 g/mol. The van der Waals surface area contributed by atoms with Crippen molar-refractivity contribution in [2.75, 3.05) is 35.7 Å². The van der Waals surface area contributed by atoms with Gasteiger partial charge in [-0.1, -0.05) is 18.2 Å². The Labute approximate surface area is 165 Å². The van der Waals surface area contributed by atoms with Crippen LogP contribution in [0.5, 0.6) is 5.75 Å². The van der Waals surface area contributed by atoms with Crippen LogP contribution in [0.15, 0.2) is 60.8 Å². The van der Waals surface area contributed by atoms with Crippen LogP contribution in [0.1, 0.15) is 18.4 Å². The van der Waals surface area contributed by atoms with E-state index in [0.29, 0.717) is 12.5 Å². The molecule has 1 aliphatic heterocycles. The van der Waals surface area contributed by atoms with Crippen molar-refractivity contribution < 1.29 is 4.74 Å². The van der Waals surface area contributed by atoms with Crippen LogP contribution in [0, 0.1) is 0 Å². The zero-order valence-electron chi connectivity index (χ0n) is 16.1. The van der Waals surface area contributed by atoms with Crippen LogP contribution in [0.4, 0.5) is 23.1 Å². The van der Waals surface area contributed by atoms with Gasteiger partial charge < -0.3 is 20.3 Å². The van der Waals surface area contributed by atoms with Crippen molar-refractivity contribution in [1.29, 1.82) is 0 Å². The molecule has 3 aromatic rings. The van der Waals surface area contributed by atoms with Crippen molar-refractivity contribution >= 4 is 23.1 Å². The predicted molar refractivity (Wildman–Crippen MR) is 114 cm³/mol. The molecule has 4 rings (SSSR count). The molecule has 2 aromatic carbocycles. The van der Waals surface area contributed by atoms with E-state index >= 15 is 0 Å². The second-order valence-electron chi connectivity index (χ2n) is 6.80. The Morgan fingerprint density at radius 2 is 1.79 bits per heavy atom. The number of hydrogen-bond donors (Lipinski definition) is 2. The molecule has 0 spiro atoms. The van der Waals surface area contributed by atoms with Crippen molar-refractivity contribution in [2.45, 2.75) is 19.4 Å². The number of nitrogens with zero attached hydrogens (tertiary/aromatic N) is 3. The molecule has 0 amide bonds. The molecule has 0 aliphatic carbocycles. The average molecular weight is 375 g/mol. The first kappa shape index (κ1) is 18.1. The maximum Gasteiger partial charge on any atom is 0.229 e. The van der Waals surface area contributed by atoms with Gasteiger partial charge in [-0.3, -0.25) is 0 Å². The van der Waals surface area contributed by atoms with Crippen LogP contribution >= 0.6 is 0 Å². The summed E-state index contributed by atoms with van der Waals surface area (Å²) in [6, 6.07) is 18.3. The molecule has 0 saturated carbocycles. The second-order valence-corrected chi connectivity index (χ2v) is 6.80. The largest absolute Gasteiger partial charge is 0.496 e. The predicted octanol–water partition coefficient (Wildman–Crippen LogP) is 4.44. The van der Waals surface area contributed by atoms with Crippen LogP contribution in [0.3, 0.4) is 0 Å². The molecule has 0 unspecified atom stereocenters. The standard InChI is InChI=1S/C22H25N5O/c1-28-20-7-3-2-6-17(20)16-24-21-12-13-23-22(26-21)25-18-8-10-19(11-9-18)27-14-4-5-15-27/h2-3,6-13H,4-5,14-16H2,1H3,(H2,23,24,25,26). The fourth-order valence-electron chi connectivity index (χ4n) is 3.41. The highest BCUT2D eigenvalue weighted by Gasteiger charge is 2.12. The first-order valence-corrected chi connectivity index (χ1v) is 9.63. The fourth-order valence-corrected chi connectivity index (χ4v) is 3.41. The van der Waals surface area contributed by atoms with E-state index < -0.39 is 0 Å². The van der Waals surface area contributed by atoms with E-state index in [-0.39, 0.29) is 0 Å². The van der Waals surface area contributed by atoms with Crippen molar-refractivity contribution in [3.8, 4) is 5.75 Å². The van der Waals surface area contributed by atoms with Gasteiger partial charge in [0.2, 0.25) is 5.95 Å². The van der Waals surface area contributed by atoms with Crippen LogP contribution in [-0.4, -0.2) is 30.2 Å². The highest BCUT2D eigenvalue weighted by Crippen LogP contribution is 2.23. The van der Waals surface area contributed by atoms with Gasteiger partial charge in [-0.25, -0.2) is 4.98 Å². The Bertz CT molecular complexity index is 907. The molecule has 28 heavy (non-hydrogen) atoms. The number of hydrogen-bond acceptors (Lipinski definition) is 6. The third-order valence-electron chi connectivity index (χ3n) is 4.90. The van der Waals surface area contributed by atoms with E-state index in [1.165, 1.54) is 18.5 Å². The smallest absolute Gasteiger partial charge is 0.229 e. The molecule has 0 atom stereocenters. The number of nitrogens with one attached hydrogen (secondary N) is 2. The quantitative estimate of drug-likeness (QED) is 0.636. The molecule has 1 aromatic heterocycles. The number of aromatic nitrogens is 2. The molecule has 0 bridgehead atoms. The topological polar surface area (TPSA) is 62.3 Å². The van der Waals surface area contributed by atoms with Crippen LogP contribution < -0.4 is 20.3 Å². The molecule has 6 nitrogen and oxygen atoms in total. The molecule has 1 fully saturated rings. The van der Waals surface area contributed by atoms with E-state index in [9.17, 15) is 0 Å². The lowest BCUT2D eigenvalue weighted by atomic mass is 10.2. The SMILES string of the molecule is COc1ccccc1CNc1ccnc(Nc2ccc(N3CCCC3)cc2)n1. The van der Waals surface area contributed by atoms with E-state index in [1.807, 2.05) is 30.3 Å². The van der Waals surface area contributed by atoms with Gasteiger partial charge in [0.1, 0.15) is 11.6 Å². The minimum absolute atomic E-state index is 0.568. The Morgan fingerprint density at radius 3 is 2.57 bits per heavy atom. The van der Waals surface area contributed by atoms with Gasteiger partial charge in [0.15, 0.2) is 0 Å². The van der Waals surface area contributed by atoms with E-state index in [1.54, 1.807) is 13.3 Å². The van der Waals surface area contributed by atoms with Crippen LogP contribution in [-0.2, 0) is 6.54 Å². The summed E-state index contributed by atoms with van der Waals surface area (Å²) in [4.78, 5) is 11.3. The second kappa shape index (κ2) is 8.61. The van der Waals surface area contributed by atoms with Gasteiger partial charge in [-0.15, -0.1) is 0 Å². The molecule has 6 heteroatoms. The summed E-state index contributed by atoms with van der Waals surface area (Å²) in [5.74, 6) is 2.19. The van der Waals surface area contributed by atoms with E-state index in [4.69, 9.17) is 4.74 Å². The molecular formula is C22H25N5O. The first-order valence-electron chi connectivity index (χ1n) is 9.63. The summed E-state index contributed by atoms with van der Waals surface area (Å²) in [7, 11) is 1.68. The summed E-state index contributed by atoms with van der Waals surface area (Å²) < 4.78 is 5.39. The normalized spacial score (nSPS) is 13.4. The number of para-hydroxylation sites is 1. The zero-order chi connectivity index (χ0) is 19.2. The van der Waals surface area contributed by atoms with Crippen LogP contribution in [0.25, 0.3) is 0 Å². The third-order valence-corrected chi connectivity index (χ3v) is 4.90. The molecule has 1 saturated heterocycles. The Morgan fingerprint density at radius 1 is 1.00 bits per heavy atom. The molecule has 1 aliphatic rings. The molecule has 0 radical (unpaired) electrons. The molecule has 144 valence electrons. The van der Waals surface area contributed by atoms with Gasteiger partial charge in [0.05, 0.1) is 7.11 Å². The maximum absolute atomic E-state index is 5.39. The lowest BCUT2D eigenvalue weighted by molar-refractivity contribution is 0.410. The number of benzene rings is 2. The number of anilines is 4. The van der Waals surface area contributed by atoms with Crippen molar-refractivity contribution in [3.63, 3.8) is 0 Å². The first-order chi connectivity index (χ1) is 13.8. The number of ether oxygens (including phenoxy) is 1. The fraction of sp³-hybridized carbons (Fsp3) is 0.273. The summed E-state index contributed by atoms with van der Waals surface area (Å²) in [6.07, 6.45) is 4.31. The van der Waals surface area contributed by atoms with E-state index in [2.05, 4.69) is 49.8 Å². The molecular weight excluding hydrogens is 350 g/mol. The van der Waals surface area contributed by atoms with Gasteiger partial charge in [-0.2, -0.15) is 4.98 Å². The maximum atomic E-state index is 5.39. The zero-order valence-corrected chi connectivity index (χ0v) is 16.1. The lowest BCUT2D eigenvalue weighted by Gasteiger charge is -2.17. The highest BCUT2D eigenvalue weighted by atomic mass is 16.5. The lowest BCUT2D eigenvalue weighted by Crippen LogP contribution is -2.17. The summed E-state index contributed by atoms with van der Waals surface area (Å²) in [5, 5.41) is 6.61. The molecule has 2 N–H and O–H groups in total. The number of methoxy groups -OCH3 is 1. The summed E-state index contributed by atoms with van der Waals surface area (Å²) >= 11 is 0. The van der Waals surface area contributed by atoms with Gasteiger partial charge in [-0.05, 0) is 49.2 Å². The summed E-state index contributed by atoms with van der Waals surface area (Å²) in [6.45, 7) is 2.93. The van der Waals surface area contributed by atoms with Gasteiger partial charge in [0.25, 0.3) is 0 Å². The average Bonchev–Trinajstić information content (AvgIpc) is 3.28. The van der Waals surface area contributed by atoms with Crippen molar-refractivity contribution in [1.82, 2.24) is 9.97 Å². The van der Waals surface area contributed by atoms with Crippen LogP contribution in [0.2, 0.25) is 0 Å². The Kier molecular flexibility index (Phi) is 5.56. The highest BCUT2D eigenvalue weighted by molar-refractivity contribution is 5.60. The minimum atomic E-state index is 0.568. The molecule has 2 heterocycles. The number of rotatable bonds is 7. The van der Waals surface area contributed by atoms with E-state index in [0.717, 1.165) is 35.9 Å².